The SMILES string of the molecule is CC([SiH3])=C(C)C(C)NC[Si](C)(C)C. The van der Waals surface area contributed by atoms with E-state index in [-0.39, 0.29) is 0 Å². The van der Waals surface area contributed by atoms with E-state index in [9.17, 15) is 0 Å². The van der Waals surface area contributed by atoms with Crippen LogP contribution in [0.3, 0.4) is 0 Å². The summed E-state index contributed by atoms with van der Waals surface area (Å²) in [5, 5.41) is 5.21. The van der Waals surface area contributed by atoms with Crippen molar-refractivity contribution < 1.29 is 0 Å². The first kappa shape index (κ1) is 13.1. The van der Waals surface area contributed by atoms with Gasteiger partial charge < -0.3 is 5.32 Å². The largest absolute Gasteiger partial charge is 0.313 e. The molecule has 0 heterocycles. The van der Waals surface area contributed by atoms with E-state index in [0.29, 0.717) is 6.04 Å². The molecule has 1 atom stereocenters. The average molecular weight is 215 g/mol. The third kappa shape index (κ3) is 6.24. The van der Waals surface area contributed by atoms with Crippen LogP contribution in [-0.4, -0.2) is 30.5 Å². The highest BCUT2D eigenvalue weighted by Crippen LogP contribution is 2.06. The number of nitrogens with one attached hydrogen (secondary N) is 1. The van der Waals surface area contributed by atoms with Gasteiger partial charge in [-0.05, 0) is 26.9 Å². The average Bonchev–Trinajstić information content (AvgIpc) is 1.97. The highest BCUT2D eigenvalue weighted by atomic mass is 28.3. The van der Waals surface area contributed by atoms with Crippen molar-refractivity contribution in [3.05, 3.63) is 10.8 Å². The molecule has 1 nitrogen and oxygen atoms in total. The number of allylic oxidation sites excluding steroid dienone is 1. The second-order valence-corrected chi connectivity index (χ2v) is 12.3. The van der Waals surface area contributed by atoms with Crippen LogP contribution in [0, 0.1) is 0 Å². The second kappa shape index (κ2) is 5.12. The molecule has 0 aromatic heterocycles. The van der Waals surface area contributed by atoms with E-state index in [1.54, 1.807) is 10.8 Å². The Labute approximate surface area is 87.4 Å². The minimum atomic E-state index is -0.923. The smallest absolute Gasteiger partial charge is 0.0596 e. The Kier molecular flexibility index (Phi) is 5.18. The lowest BCUT2D eigenvalue weighted by Crippen LogP contribution is -2.41. The van der Waals surface area contributed by atoms with Gasteiger partial charge in [-0.15, -0.1) is 0 Å². The fourth-order valence-corrected chi connectivity index (χ4v) is 2.40. The van der Waals surface area contributed by atoms with Crippen molar-refractivity contribution in [1.82, 2.24) is 5.32 Å². The molecular weight excluding hydrogens is 190 g/mol. The summed E-state index contributed by atoms with van der Waals surface area (Å²) in [4.78, 5) is 0. The van der Waals surface area contributed by atoms with Crippen LogP contribution >= 0.6 is 0 Å². The summed E-state index contributed by atoms with van der Waals surface area (Å²) in [5.41, 5.74) is 1.55. The van der Waals surface area contributed by atoms with E-state index >= 15 is 0 Å². The van der Waals surface area contributed by atoms with E-state index < -0.39 is 8.07 Å². The Hall–Kier alpha value is 0.134. The van der Waals surface area contributed by atoms with Gasteiger partial charge >= 0.3 is 0 Å². The quantitative estimate of drug-likeness (QED) is 0.701. The normalized spacial score (nSPS) is 17.1. The third-order valence-electron chi connectivity index (χ3n) is 2.38. The van der Waals surface area contributed by atoms with Crippen LogP contribution in [0.2, 0.25) is 19.6 Å². The van der Waals surface area contributed by atoms with Crippen molar-refractivity contribution >= 4 is 18.3 Å². The summed E-state index contributed by atoms with van der Waals surface area (Å²) in [6.45, 7) is 14.0. The van der Waals surface area contributed by atoms with Crippen LogP contribution in [0.1, 0.15) is 20.8 Å². The Morgan fingerprint density at radius 2 is 1.77 bits per heavy atom. The lowest BCUT2D eigenvalue weighted by molar-refractivity contribution is 0.663. The van der Waals surface area contributed by atoms with Gasteiger partial charge in [-0.3, -0.25) is 0 Å². The topological polar surface area (TPSA) is 12.0 Å². The molecule has 3 heteroatoms. The zero-order chi connectivity index (χ0) is 10.6. The monoisotopic (exact) mass is 215 g/mol. The number of rotatable bonds is 4. The van der Waals surface area contributed by atoms with E-state index in [1.807, 2.05) is 0 Å². The molecule has 0 aromatic rings. The van der Waals surface area contributed by atoms with Gasteiger partial charge in [0.1, 0.15) is 0 Å². The van der Waals surface area contributed by atoms with Crippen molar-refractivity contribution in [2.24, 2.45) is 0 Å². The van der Waals surface area contributed by atoms with Gasteiger partial charge in [0.25, 0.3) is 0 Å². The van der Waals surface area contributed by atoms with Crippen molar-refractivity contribution in [2.45, 2.75) is 46.5 Å². The first-order valence-corrected chi connectivity index (χ1v) is 9.82. The van der Waals surface area contributed by atoms with Gasteiger partial charge in [-0.25, -0.2) is 0 Å². The molecule has 0 aliphatic rings. The molecule has 0 amide bonds. The molecule has 0 spiro atoms. The number of hydrogen-bond acceptors (Lipinski definition) is 1. The molecule has 1 N–H and O–H groups in total. The third-order valence-corrected chi connectivity index (χ3v) is 4.43. The van der Waals surface area contributed by atoms with Gasteiger partial charge in [0, 0.05) is 16.3 Å². The summed E-state index contributed by atoms with van der Waals surface area (Å²) < 4.78 is 0. The number of hydrogen-bond donors (Lipinski definition) is 1. The molecule has 1 unspecified atom stereocenters. The van der Waals surface area contributed by atoms with Crippen LogP contribution in [0.4, 0.5) is 0 Å². The highest BCUT2D eigenvalue weighted by molar-refractivity contribution is 6.76. The van der Waals surface area contributed by atoms with E-state index in [2.05, 4.69) is 45.7 Å². The predicted molar refractivity (Wildman–Crippen MR) is 69.1 cm³/mol. The van der Waals surface area contributed by atoms with Gasteiger partial charge in [0.15, 0.2) is 0 Å². The van der Waals surface area contributed by atoms with E-state index in [4.69, 9.17) is 0 Å². The molecule has 0 saturated heterocycles. The Morgan fingerprint density at radius 3 is 2.08 bits per heavy atom. The van der Waals surface area contributed by atoms with E-state index in [1.165, 1.54) is 16.4 Å². The molecule has 0 aliphatic heterocycles. The summed E-state index contributed by atoms with van der Waals surface area (Å²) in [6.07, 6.45) is 1.22. The van der Waals surface area contributed by atoms with Crippen LogP contribution in [0.15, 0.2) is 10.8 Å². The molecule has 13 heavy (non-hydrogen) atoms. The molecule has 0 rings (SSSR count). The first-order valence-electron chi connectivity index (χ1n) is 5.11. The lowest BCUT2D eigenvalue weighted by atomic mass is 10.1. The molecule has 0 bridgehead atoms. The predicted octanol–water partition coefficient (Wildman–Crippen LogP) is 1.50. The zero-order valence-electron chi connectivity index (χ0n) is 10.3. The first-order chi connectivity index (χ1) is 5.74. The van der Waals surface area contributed by atoms with Crippen molar-refractivity contribution in [1.29, 1.82) is 0 Å². The summed E-state index contributed by atoms with van der Waals surface area (Å²) >= 11 is 0. The highest BCUT2D eigenvalue weighted by Gasteiger charge is 2.14. The van der Waals surface area contributed by atoms with E-state index in [0.717, 1.165) is 0 Å². The summed E-state index contributed by atoms with van der Waals surface area (Å²) in [5.74, 6) is 0. The maximum Gasteiger partial charge on any atom is 0.0596 e. The fraction of sp³-hybridized carbons (Fsp3) is 0.800. The summed E-state index contributed by atoms with van der Waals surface area (Å²) in [7, 11) is 0.275. The minimum Gasteiger partial charge on any atom is -0.313 e. The van der Waals surface area contributed by atoms with Crippen LogP contribution < -0.4 is 5.32 Å². The molecule has 78 valence electrons. The lowest BCUT2D eigenvalue weighted by Gasteiger charge is -2.22. The molecule has 0 fully saturated rings. The fourth-order valence-electron chi connectivity index (χ4n) is 1.05. The van der Waals surface area contributed by atoms with Crippen molar-refractivity contribution in [2.75, 3.05) is 6.17 Å². The molecule has 0 aliphatic carbocycles. The van der Waals surface area contributed by atoms with Crippen LogP contribution in [0.5, 0.6) is 0 Å². The molecule has 0 radical (unpaired) electrons. The Morgan fingerprint density at radius 1 is 1.31 bits per heavy atom. The minimum absolute atomic E-state index is 0.573. The van der Waals surface area contributed by atoms with Gasteiger partial charge in [0.2, 0.25) is 0 Å². The van der Waals surface area contributed by atoms with Gasteiger partial charge in [0.05, 0.1) is 8.07 Å². The molecular formula is C10H25NSi2. The van der Waals surface area contributed by atoms with Crippen molar-refractivity contribution in [3.8, 4) is 0 Å². The van der Waals surface area contributed by atoms with Crippen LogP contribution in [-0.2, 0) is 0 Å². The maximum atomic E-state index is 3.63. The van der Waals surface area contributed by atoms with Crippen molar-refractivity contribution in [3.63, 3.8) is 0 Å². The van der Waals surface area contributed by atoms with Gasteiger partial charge in [-0.1, -0.05) is 30.4 Å². The molecule has 0 aromatic carbocycles. The summed E-state index contributed by atoms with van der Waals surface area (Å²) in [6, 6.07) is 0.573. The Bertz CT molecular complexity index is 188. The maximum absolute atomic E-state index is 3.63. The second-order valence-electron chi connectivity index (χ2n) is 5.35. The van der Waals surface area contributed by atoms with Gasteiger partial charge in [-0.2, -0.15) is 0 Å². The Balaban J connectivity index is 4.03. The van der Waals surface area contributed by atoms with Crippen LogP contribution in [0.25, 0.3) is 0 Å². The molecule has 0 saturated carbocycles. The zero-order valence-corrected chi connectivity index (χ0v) is 13.3. The standard InChI is InChI=1S/C10H25NSi2/c1-8(10(3)12)9(2)11-7-13(4,5)6/h9,11H,7H2,1-6,12H3.